The molecule has 3 aromatic rings. The van der Waals surface area contributed by atoms with Gasteiger partial charge in [0.25, 0.3) is 5.91 Å². The highest BCUT2D eigenvalue weighted by molar-refractivity contribution is 14.1. The highest BCUT2D eigenvalue weighted by Gasteiger charge is 2.12. The molecule has 3 rings (SSSR count). The number of amides is 2. The number of halogens is 1. The second-order valence-electron chi connectivity index (χ2n) is 5.11. The Morgan fingerprint density at radius 3 is 2.52 bits per heavy atom. The number of anilines is 1. The van der Waals surface area contributed by atoms with E-state index < -0.39 is 0 Å². The molecule has 25 heavy (non-hydrogen) atoms. The van der Waals surface area contributed by atoms with Crippen molar-refractivity contribution in [1.29, 1.82) is 0 Å². The molecule has 2 N–H and O–H groups in total. The molecule has 2 amide bonds. The van der Waals surface area contributed by atoms with E-state index in [2.05, 4.69) is 38.2 Å². The summed E-state index contributed by atoms with van der Waals surface area (Å²) in [5, 5.41) is 7.72. The lowest BCUT2D eigenvalue weighted by atomic mass is 10.2. The van der Waals surface area contributed by atoms with Gasteiger partial charge in [-0.1, -0.05) is 42.5 Å². The van der Waals surface area contributed by atoms with E-state index in [0.29, 0.717) is 10.7 Å². The molecule has 0 radical (unpaired) electrons. The third kappa shape index (κ3) is 4.64. The van der Waals surface area contributed by atoms with Gasteiger partial charge in [0.05, 0.1) is 17.8 Å². The van der Waals surface area contributed by atoms with Gasteiger partial charge < -0.3 is 10.6 Å². The fraction of sp³-hybridized carbons (Fsp3) is 0.0556. The van der Waals surface area contributed by atoms with E-state index in [1.54, 1.807) is 12.1 Å². The lowest BCUT2D eigenvalue weighted by Crippen LogP contribution is -2.33. The van der Waals surface area contributed by atoms with Crippen molar-refractivity contribution in [3.8, 4) is 11.3 Å². The standard InChI is InChI=1S/C18H14IN3O2S/c19-14-9-5-4-8-13(14)17(24)20-10-16(23)22-18-21-15(11-25-18)12-6-2-1-3-7-12/h1-9,11H,10H2,(H,20,24)(H,21,22,23). The molecule has 0 aliphatic heterocycles. The summed E-state index contributed by atoms with van der Waals surface area (Å²) in [6.07, 6.45) is 0. The van der Waals surface area contributed by atoms with Crippen molar-refractivity contribution in [3.63, 3.8) is 0 Å². The molecule has 0 saturated carbocycles. The number of aromatic nitrogens is 1. The smallest absolute Gasteiger partial charge is 0.252 e. The van der Waals surface area contributed by atoms with Crippen LogP contribution in [-0.2, 0) is 4.79 Å². The Balaban J connectivity index is 1.56. The van der Waals surface area contributed by atoms with Gasteiger partial charge in [-0.2, -0.15) is 0 Å². The number of nitrogens with zero attached hydrogens (tertiary/aromatic N) is 1. The van der Waals surface area contributed by atoms with E-state index >= 15 is 0 Å². The lowest BCUT2D eigenvalue weighted by Gasteiger charge is -2.06. The van der Waals surface area contributed by atoms with Gasteiger partial charge in [-0.25, -0.2) is 4.98 Å². The van der Waals surface area contributed by atoms with Gasteiger partial charge in [0.2, 0.25) is 5.91 Å². The van der Waals surface area contributed by atoms with Crippen molar-refractivity contribution in [3.05, 3.63) is 69.1 Å². The number of nitrogens with one attached hydrogen (secondary N) is 2. The van der Waals surface area contributed by atoms with Gasteiger partial charge in [-0.05, 0) is 34.7 Å². The molecule has 0 saturated heterocycles. The first-order valence-electron chi connectivity index (χ1n) is 7.47. The molecule has 0 fully saturated rings. The number of rotatable bonds is 5. The Labute approximate surface area is 162 Å². The van der Waals surface area contributed by atoms with Crippen molar-refractivity contribution in [2.75, 3.05) is 11.9 Å². The predicted molar refractivity (Wildman–Crippen MR) is 108 cm³/mol. The number of carbonyl (C=O) groups excluding carboxylic acids is 2. The number of thiazole rings is 1. The van der Waals surface area contributed by atoms with Gasteiger partial charge in [0.15, 0.2) is 5.13 Å². The normalized spacial score (nSPS) is 10.3. The fourth-order valence-electron chi connectivity index (χ4n) is 2.14. The van der Waals surface area contributed by atoms with Crippen LogP contribution in [0.5, 0.6) is 0 Å². The monoisotopic (exact) mass is 463 g/mol. The fourth-order valence-corrected chi connectivity index (χ4v) is 3.51. The van der Waals surface area contributed by atoms with Crippen LogP contribution in [-0.4, -0.2) is 23.3 Å². The quantitative estimate of drug-likeness (QED) is 0.566. The Morgan fingerprint density at radius 1 is 1.04 bits per heavy atom. The summed E-state index contributed by atoms with van der Waals surface area (Å²) < 4.78 is 0.838. The van der Waals surface area contributed by atoms with Crippen molar-refractivity contribution in [2.45, 2.75) is 0 Å². The predicted octanol–water partition coefficient (Wildman–Crippen LogP) is 3.78. The summed E-state index contributed by atoms with van der Waals surface area (Å²) >= 11 is 3.44. The zero-order valence-electron chi connectivity index (χ0n) is 13.0. The number of benzene rings is 2. The van der Waals surface area contributed by atoms with Crippen molar-refractivity contribution in [1.82, 2.24) is 10.3 Å². The Morgan fingerprint density at radius 2 is 1.76 bits per heavy atom. The van der Waals surface area contributed by atoms with Crippen LogP contribution in [0.2, 0.25) is 0 Å². The summed E-state index contributed by atoms with van der Waals surface area (Å²) in [7, 11) is 0. The third-order valence-electron chi connectivity index (χ3n) is 3.35. The first-order valence-corrected chi connectivity index (χ1v) is 9.43. The van der Waals surface area contributed by atoms with Gasteiger partial charge in [-0.3, -0.25) is 9.59 Å². The highest BCUT2D eigenvalue weighted by Crippen LogP contribution is 2.24. The van der Waals surface area contributed by atoms with Crippen LogP contribution in [0.15, 0.2) is 60.0 Å². The number of hydrogen-bond acceptors (Lipinski definition) is 4. The molecule has 0 unspecified atom stereocenters. The average Bonchev–Trinajstić information content (AvgIpc) is 3.09. The molecule has 0 bridgehead atoms. The highest BCUT2D eigenvalue weighted by atomic mass is 127. The van der Waals surface area contributed by atoms with Crippen LogP contribution in [0.4, 0.5) is 5.13 Å². The van der Waals surface area contributed by atoms with E-state index in [9.17, 15) is 9.59 Å². The largest absolute Gasteiger partial charge is 0.343 e. The summed E-state index contributed by atoms with van der Waals surface area (Å²) in [6.45, 7) is -0.107. The number of carbonyl (C=O) groups is 2. The minimum Gasteiger partial charge on any atom is -0.343 e. The summed E-state index contributed by atoms with van der Waals surface area (Å²) in [5.41, 5.74) is 2.35. The number of hydrogen-bond donors (Lipinski definition) is 2. The Bertz CT molecular complexity index is 896. The molecular formula is C18H14IN3O2S. The summed E-state index contributed by atoms with van der Waals surface area (Å²) in [4.78, 5) is 28.5. The van der Waals surface area contributed by atoms with E-state index in [1.165, 1.54) is 11.3 Å². The topological polar surface area (TPSA) is 71.1 Å². The Kier molecular flexibility index (Phi) is 5.77. The van der Waals surface area contributed by atoms with Crippen molar-refractivity contribution in [2.24, 2.45) is 0 Å². The first-order chi connectivity index (χ1) is 12.1. The molecule has 0 aliphatic carbocycles. The second-order valence-corrected chi connectivity index (χ2v) is 7.13. The molecule has 1 aromatic heterocycles. The Hall–Kier alpha value is -2.26. The molecule has 7 heteroatoms. The molecular weight excluding hydrogens is 449 g/mol. The second kappa shape index (κ2) is 8.21. The maximum atomic E-state index is 12.1. The van der Waals surface area contributed by atoms with Crippen LogP contribution < -0.4 is 10.6 Å². The van der Waals surface area contributed by atoms with Crippen molar-refractivity contribution < 1.29 is 9.59 Å². The zero-order valence-corrected chi connectivity index (χ0v) is 16.0. The lowest BCUT2D eigenvalue weighted by molar-refractivity contribution is -0.115. The van der Waals surface area contributed by atoms with Gasteiger partial charge in [0.1, 0.15) is 0 Å². The van der Waals surface area contributed by atoms with Crippen LogP contribution in [0.3, 0.4) is 0 Å². The average molecular weight is 463 g/mol. The molecule has 0 spiro atoms. The molecule has 126 valence electrons. The molecule has 0 atom stereocenters. The van der Waals surface area contributed by atoms with Gasteiger partial charge >= 0.3 is 0 Å². The maximum Gasteiger partial charge on any atom is 0.252 e. The minimum atomic E-state index is -0.312. The van der Waals surface area contributed by atoms with Gasteiger partial charge in [-0.15, -0.1) is 11.3 Å². The molecule has 1 heterocycles. The summed E-state index contributed by atoms with van der Waals surface area (Å²) in [5.74, 6) is -0.586. The minimum absolute atomic E-state index is 0.107. The van der Waals surface area contributed by atoms with E-state index in [0.717, 1.165) is 14.8 Å². The van der Waals surface area contributed by atoms with Gasteiger partial charge in [0, 0.05) is 14.5 Å². The van der Waals surface area contributed by atoms with Crippen LogP contribution in [0.25, 0.3) is 11.3 Å². The molecule has 0 aliphatic rings. The molecule has 5 nitrogen and oxygen atoms in total. The molecule has 2 aromatic carbocycles. The van der Waals surface area contributed by atoms with Crippen LogP contribution in [0.1, 0.15) is 10.4 Å². The van der Waals surface area contributed by atoms with E-state index in [-0.39, 0.29) is 18.4 Å². The summed E-state index contributed by atoms with van der Waals surface area (Å²) in [6, 6.07) is 17.0. The third-order valence-corrected chi connectivity index (χ3v) is 5.05. The maximum absolute atomic E-state index is 12.1. The van der Waals surface area contributed by atoms with E-state index in [4.69, 9.17) is 0 Å². The van der Waals surface area contributed by atoms with Crippen molar-refractivity contribution >= 4 is 50.9 Å². The SMILES string of the molecule is O=C(CNC(=O)c1ccccc1I)Nc1nc(-c2ccccc2)cs1. The zero-order chi connectivity index (χ0) is 17.6. The van der Waals surface area contributed by atoms with Crippen LogP contribution >= 0.6 is 33.9 Å². The first kappa shape index (κ1) is 17.6. The van der Waals surface area contributed by atoms with E-state index in [1.807, 2.05) is 47.8 Å². The van der Waals surface area contributed by atoms with Crippen LogP contribution in [0, 0.1) is 3.57 Å².